The summed E-state index contributed by atoms with van der Waals surface area (Å²) < 4.78 is 0. The number of nitrogens with one attached hydrogen (secondary N) is 1. The van der Waals surface area contributed by atoms with E-state index < -0.39 is 0 Å². The molecular weight excluding hydrogens is 320 g/mol. The molecule has 0 aliphatic rings. The third-order valence-corrected chi connectivity index (χ3v) is 4.43. The lowest BCUT2D eigenvalue weighted by Gasteiger charge is -2.06. The minimum absolute atomic E-state index is 0.150. The zero-order valence-corrected chi connectivity index (χ0v) is 15.0. The molecule has 0 saturated heterocycles. The standard InChI is InChI=1S/C19H22N2O2S/c1-13-8-14(2)10-16(9-13)11-24-12-19(23)21-20-15(3)17-6-4-5-7-18(17)22/h4-10,22H,11-12H2,1-3H3,(H,21,23)/b20-15+. The highest BCUT2D eigenvalue weighted by Gasteiger charge is 2.05. The molecule has 0 unspecified atom stereocenters. The maximum Gasteiger partial charge on any atom is 0.250 e. The number of hydrogen-bond acceptors (Lipinski definition) is 4. The monoisotopic (exact) mass is 342 g/mol. The van der Waals surface area contributed by atoms with Crippen LogP contribution in [0.1, 0.15) is 29.2 Å². The second kappa shape index (κ2) is 8.55. The van der Waals surface area contributed by atoms with Gasteiger partial charge in [0.1, 0.15) is 5.75 Å². The van der Waals surface area contributed by atoms with Gasteiger partial charge in [-0.2, -0.15) is 5.10 Å². The Bertz CT molecular complexity index is 737. The molecule has 0 aromatic heterocycles. The number of amides is 1. The van der Waals surface area contributed by atoms with Crippen LogP contribution in [0.2, 0.25) is 0 Å². The first-order chi connectivity index (χ1) is 11.5. The number of hydrogen-bond donors (Lipinski definition) is 2. The van der Waals surface area contributed by atoms with Crippen LogP contribution in [0.25, 0.3) is 0 Å². The SMILES string of the molecule is C/C(=N\NC(=O)CSCc1cc(C)cc(C)c1)c1ccccc1O. The van der Waals surface area contributed by atoms with Gasteiger partial charge < -0.3 is 5.11 Å². The van der Waals surface area contributed by atoms with E-state index in [0.29, 0.717) is 17.0 Å². The largest absolute Gasteiger partial charge is 0.507 e. The number of benzene rings is 2. The Hall–Kier alpha value is -2.27. The predicted molar refractivity (Wildman–Crippen MR) is 101 cm³/mol. The van der Waals surface area contributed by atoms with Crippen molar-refractivity contribution in [3.05, 3.63) is 64.7 Å². The number of thioether (sulfide) groups is 1. The van der Waals surface area contributed by atoms with Crippen molar-refractivity contribution < 1.29 is 9.90 Å². The van der Waals surface area contributed by atoms with Crippen LogP contribution >= 0.6 is 11.8 Å². The summed E-state index contributed by atoms with van der Waals surface area (Å²) in [5.41, 5.74) is 7.41. The van der Waals surface area contributed by atoms with Gasteiger partial charge in [0.05, 0.1) is 11.5 Å². The first-order valence-electron chi connectivity index (χ1n) is 7.72. The molecule has 0 saturated carbocycles. The van der Waals surface area contributed by atoms with Crippen LogP contribution < -0.4 is 5.43 Å². The summed E-state index contributed by atoms with van der Waals surface area (Å²) in [6.45, 7) is 5.90. The second-order valence-corrected chi connectivity index (χ2v) is 6.72. The highest BCUT2D eigenvalue weighted by molar-refractivity contribution is 7.99. The fourth-order valence-electron chi connectivity index (χ4n) is 2.43. The number of aromatic hydroxyl groups is 1. The molecule has 4 nitrogen and oxygen atoms in total. The van der Waals surface area contributed by atoms with Crippen LogP contribution in [0.5, 0.6) is 5.75 Å². The van der Waals surface area contributed by atoms with E-state index in [2.05, 4.69) is 42.6 Å². The molecule has 1 amide bonds. The van der Waals surface area contributed by atoms with Gasteiger partial charge in [-0.1, -0.05) is 41.5 Å². The highest BCUT2D eigenvalue weighted by Crippen LogP contribution is 2.17. The van der Waals surface area contributed by atoms with Gasteiger partial charge in [0.2, 0.25) is 5.91 Å². The molecule has 0 spiro atoms. The van der Waals surface area contributed by atoms with Gasteiger partial charge in [0.15, 0.2) is 0 Å². The second-order valence-electron chi connectivity index (χ2n) is 5.74. The number of hydrazone groups is 1. The fraction of sp³-hybridized carbons (Fsp3) is 0.263. The Morgan fingerprint density at radius 3 is 2.50 bits per heavy atom. The summed E-state index contributed by atoms with van der Waals surface area (Å²) in [6.07, 6.45) is 0. The zero-order valence-electron chi connectivity index (χ0n) is 14.2. The molecule has 2 rings (SSSR count). The lowest BCUT2D eigenvalue weighted by Crippen LogP contribution is -2.21. The van der Waals surface area contributed by atoms with Crippen molar-refractivity contribution in [3.8, 4) is 5.75 Å². The molecule has 0 atom stereocenters. The Morgan fingerprint density at radius 1 is 1.17 bits per heavy atom. The number of aryl methyl sites for hydroxylation is 2. The molecule has 2 aromatic rings. The van der Waals surface area contributed by atoms with Crippen LogP contribution in [0.3, 0.4) is 0 Å². The Kier molecular flexibility index (Phi) is 6.44. The minimum atomic E-state index is -0.154. The number of carbonyl (C=O) groups is 1. The normalized spacial score (nSPS) is 11.4. The molecule has 126 valence electrons. The summed E-state index contributed by atoms with van der Waals surface area (Å²) in [5, 5.41) is 13.8. The van der Waals surface area contributed by atoms with Crippen LogP contribution in [0.4, 0.5) is 0 Å². The third-order valence-electron chi connectivity index (χ3n) is 3.43. The van der Waals surface area contributed by atoms with Gasteiger partial charge in [-0.05, 0) is 38.5 Å². The lowest BCUT2D eigenvalue weighted by atomic mass is 10.1. The van der Waals surface area contributed by atoms with E-state index in [4.69, 9.17) is 0 Å². The average Bonchev–Trinajstić information content (AvgIpc) is 2.52. The molecule has 2 aromatic carbocycles. The Morgan fingerprint density at radius 2 is 1.83 bits per heavy atom. The molecule has 5 heteroatoms. The molecule has 24 heavy (non-hydrogen) atoms. The van der Waals surface area contributed by atoms with Gasteiger partial charge in [-0.15, -0.1) is 11.8 Å². The van der Waals surface area contributed by atoms with Gasteiger partial charge in [0.25, 0.3) is 0 Å². The van der Waals surface area contributed by atoms with Crippen molar-refractivity contribution in [3.63, 3.8) is 0 Å². The zero-order chi connectivity index (χ0) is 17.5. The number of para-hydroxylation sites is 1. The van der Waals surface area contributed by atoms with E-state index in [9.17, 15) is 9.90 Å². The van der Waals surface area contributed by atoms with Crippen molar-refractivity contribution in [1.29, 1.82) is 0 Å². The average molecular weight is 342 g/mol. The summed E-state index contributed by atoms with van der Waals surface area (Å²) in [5.74, 6) is 1.12. The van der Waals surface area contributed by atoms with Crippen LogP contribution in [0.15, 0.2) is 47.6 Å². The molecule has 0 aliphatic carbocycles. The van der Waals surface area contributed by atoms with E-state index in [1.165, 1.54) is 16.7 Å². The van der Waals surface area contributed by atoms with E-state index in [1.807, 2.05) is 6.07 Å². The summed E-state index contributed by atoms with van der Waals surface area (Å²) in [7, 11) is 0. The molecule has 2 N–H and O–H groups in total. The van der Waals surface area contributed by atoms with Crippen molar-refractivity contribution in [1.82, 2.24) is 5.43 Å². The van der Waals surface area contributed by atoms with Gasteiger partial charge in [-0.25, -0.2) is 5.43 Å². The predicted octanol–water partition coefficient (Wildman–Crippen LogP) is 3.78. The van der Waals surface area contributed by atoms with Crippen molar-refractivity contribution in [2.75, 3.05) is 5.75 Å². The Labute approximate surface area is 147 Å². The van der Waals surface area contributed by atoms with Crippen molar-refractivity contribution in [2.45, 2.75) is 26.5 Å². The lowest BCUT2D eigenvalue weighted by molar-refractivity contribution is -0.118. The van der Waals surface area contributed by atoms with Gasteiger partial charge >= 0.3 is 0 Å². The number of carbonyl (C=O) groups excluding carboxylic acids is 1. The highest BCUT2D eigenvalue weighted by atomic mass is 32.2. The van der Waals surface area contributed by atoms with Crippen LogP contribution in [-0.2, 0) is 10.5 Å². The van der Waals surface area contributed by atoms with Crippen molar-refractivity contribution >= 4 is 23.4 Å². The number of phenolic OH excluding ortho intramolecular Hbond substituents is 1. The molecular formula is C19H22N2O2S. The summed E-state index contributed by atoms with van der Waals surface area (Å²) >= 11 is 1.55. The van der Waals surface area contributed by atoms with E-state index in [-0.39, 0.29) is 11.7 Å². The number of nitrogens with zero attached hydrogens (tertiary/aromatic N) is 1. The van der Waals surface area contributed by atoms with Crippen LogP contribution in [-0.4, -0.2) is 22.5 Å². The molecule has 0 fully saturated rings. The van der Waals surface area contributed by atoms with E-state index >= 15 is 0 Å². The van der Waals surface area contributed by atoms with Crippen LogP contribution in [0, 0.1) is 13.8 Å². The smallest absolute Gasteiger partial charge is 0.250 e. The van der Waals surface area contributed by atoms with Gasteiger partial charge in [0, 0.05) is 11.3 Å². The molecule has 0 radical (unpaired) electrons. The third kappa shape index (κ3) is 5.42. The summed E-state index contributed by atoms with van der Waals surface area (Å²) in [6, 6.07) is 13.3. The first kappa shape index (κ1) is 18.1. The van der Waals surface area contributed by atoms with Gasteiger partial charge in [-0.3, -0.25) is 4.79 Å². The number of rotatable bonds is 6. The Balaban J connectivity index is 1.83. The minimum Gasteiger partial charge on any atom is -0.507 e. The number of phenols is 1. The topological polar surface area (TPSA) is 61.7 Å². The first-order valence-corrected chi connectivity index (χ1v) is 8.87. The molecule has 0 heterocycles. The summed E-state index contributed by atoms with van der Waals surface area (Å²) in [4.78, 5) is 11.9. The quantitative estimate of drug-likeness (QED) is 0.620. The van der Waals surface area contributed by atoms with E-state index in [0.717, 1.165) is 5.75 Å². The maximum atomic E-state index is 11.9. The molecule has 0 aliphatic heterocycles. The van der Waals surface area contributed by atoms with Crippen molar-refractivity contribution in [2.24, 2.45) is 5.10 Å². The fourth-order valence-corrected chi connectivity index (χ4v) is 3.19. The van der Waals surface area contributed by atoms with E-state index in [1.54, 1.807) is 36.9 Å². The molecule has 0 bridgehead atoms. The maximum absolute atomic E-state index is 11.9.